The Labute approximate surface area is 103 Å². The van der Waals surface area contributed by atoms with Crippen LogP contribution in [-0.4, -0.2) is 21.5 Å². The summed E-state index contributed by atoms with van der Waals surface area (Å²) in [6.07, 6.45) is 1.78. The number of halogens is 2. The molecule has 1 N–H and O–H groups in total. The molecule has 0 atom stereocenters. The lowest BCUT2D eigenvalue weighted by Gasteiger charge is -2.00. The predicted molar refractivity (Wildman–Crippen MR) is 63.7 cm³/mol. The summed E-state index contributed by atoms with van der Waals surface area (Å²) in [5.41, 5.74) is 1.51. The van der Waals surface area contributed by atoms with Crippen molar-refractivity contribution >= 4 is 11.6 Å². The van der Waals surface area contributed by atoms with Gasteiger partial charge in [0.2, 0.25) is 0 Å². The van der Waals surface area contributed by atoms with Crippen LogP contribution >= 0.6 is 11.6 Å². The molecule has 0 fully saturated rings. The van der Waals surface area contributed by atoms with Crippen LogP contribution in [0.5, 0.6) is 0 Å². The van der Waals surface area contributed by atoms with E-state index in [1.807, 2.05) is 6.92 Å². The van der Waals surface area contributed by atoms with Crippen LogP contribution in [0, 0.1) is 5.82 Å². The fourth-order valence-corrected chi connectivity index (χ4v) is 1.56. The minimum atomic E-state index is -0.441. The van der Waals surface area contributed by atoms with Gasteiger partial charge in [0.05, 0.1) is 22.6 Å². The molecule has 0 amide bonds. The molecule has 1 aromatic carbocycles. The van der Waals surface area contributed by atoms with Gasteiger partial charge in [-0.15, -0.1) is 5.10 Å². The summed E-state index contributed by atoms with van der Waals surface area (Å²) < 4.78 is 14.6. The molecule has 0 radical (unpaired) electrons. The second-order valence-corrected chi connectivity index (χ2v) is 3.94. The summed E-state index contributed by atoms with van der Waals surface area (Å²) in [5.74, 6) is -0.441. The maximum atomic E-state index is 13.0. The number of nitrogens with one attached hydrogen (secondary N) is 1. The van der Waals surface area contributed by atoms with Crippen LogP contribution in [0.4, 0.5) is 4.39 Å². The highest BCUT2D eigenvalue weighted by Crippen LogP contribution is 2.18. The standard InChI is InChI=1S/C11H12ClFN4/c1-2-14-6-8-7-17(16-15-8)9-3-4-11(13)10(12)5-9/h3-5,7,14H,2,6H2,1H3. The maximum Gasteiger partial charge on any atom is 0.141 e. The van der Waals surface area contributed by atoms with Crippen molar-refractivity contribution < 1.29 is 4.39 Å². The molecular formula is C11H12ClFN4. The van der Waals surface area contributed by atoms with E-state index in [0.29, 0.717) is 12.2 Å². The van der Waals surface area contributed by atoms with Gasteiger partial charge in [-0.1, -0.05) is 23.7 Å². The van der Waals surface area contributed by atoms with Crippen molar-refractivity contribution in [3.63, 3.8) is 0 Å². The molecule has 0 aliphatic rings. The summed E-state index contributed by atoms with van der Waals surface area (Å²) in [6, 6.07) is 4.43. The van der Waals surface area contributed by atoms with Crippen LogP contribution in [0.1, 0.15) is 12.6 Å². The van der Waals surface area contributed by atoms with Crippen LogP contribution in [0.3, 0.4) is 0 Å². The topological polar surface area (TPSA) is 42.7 Å². The average Bonchev–Trinajstić information content (AvgIpc) is 2.79. The van der Waals surface area contributed by atoms with E-state index in [1.165, 1.54) is 12.1 Å². The smallest absolute Gasteiger partial charge is 0.141 e. The first kappa shape index (κ1) is 12.0. The van der Waals surface area contributed by atoms with E-state index in [1.54, 1.807) is 16.9 Å². The third-order valence-corrected chi connectivity index (χ3v) is 2.55. The Morgan fingerprint density at radius 1 is 1.47 bits per heavy atom. The van der Waals surface area contributed by atoms with Crippen LogP contribution < -0.4 is 5.32 Å². The molecule has 90 valence electrons. The Morgan fingerprint density at radius 2 is 2.29 bits per heavy atom. The van der Waals surface area contributed by atoms with E-state index >= 15 is 0 Å². The first-order valence-electron chi connectivity index (χ1n) is 5.28. The summed E-state index contributed by atoms with van der Waals surface area (Å²) in [5, 5.41) is 11.2. The largest absolute Gasteiger partial charge is 0.311 e. The third kappa shape index (κ3) is 2.81. The monoisotopic (exact) mass is 254 g/mol. The van der Waals surface area contributed by atoms with Gasteiger partial charge in [0, 0.05) is 6.54 Å². The second kappa shape index (κ2) is 5.25. The van der Waals surface area contributed by atoms with E-state index in [4.69, 9.17) is 11.6 Å². The van der Waals surface area contributed by atoms with Crippen LogP contribution in [-0.2, 0) is 6.54 Å². The van der Waals surface area contributed by atoms with Gasteiger partial charge >= 0.3 is 0 Å². The Morgan fingerprint density at radius 3 is 3.00 bits per heavy atom. The zero-order chi connectivity index (χ0) is 12.3. The second-order valence-electron chi connectivity index (χ2n) is 3.53. The maximum absolute atomic E-state index is 13.0. The molecule has 1 aromatic heterocycles. The quantitative estimate of drug-likeness (QED) is 0.909. The van der Waals surface area contributed by atoms with E-state index in [0.717, 1.165) is 12.2 Å². The molecule has 0 bridgehead atoms. The Balaban J connectivity index is 2.21. The van der Waals surface area contributed by atoms with Crippen molar-refractivity contribution in [2.45, 2.75) is 13.5 Å². The van der Waals surface area contributed by atoms with Crippen molar-refractivity contribution in [1.82, 2.24) is 20.3 Å². The molecule has 4 nitrogen and oxygen atoms in total. The predicted octanol–water partition coefficient (Wildman–Crippen LogP) is 2.17. The normalized spacial score (nSPS) is 10.8. The zero-order valence-corrected chi connectivity index (χ0v) is 10.1. The number of benzene rings is 1. The number of aromatic nitrogens is 3. The molecule has 17 heavy (non-hydrogen) atoms. The molecular weight excluding hydrogens is 243 g/mol. The van der Waals surface area contributed by atoms with Crippen molar-refractivity contribution in [2.24, 2.45) is 0 Å². The molecule has 0 aliphatic carbocycles. The van der Waals surface area contributed by atoms with E-state index < -0.39 is 5.82 Å². The SMILES string of the molecule is CCNCc1cn(-c2ccc(F)c(Cl)c2)nn1. The number of rotatable bonds is 4. The molecule has 0 aliphatic heterocycles. The molecule has 0 unspecified atom stereocenters. The van der Waals surface area contributed by atoms with Gasteiger partial charge in [-0.2, -0.15) is 0 Å². The fourth-order valence-electron chi connectivity index (χ4n) is 1.39. The van der Waals surface area contributed by atoms with Gasteiger partial charge in [0.1, 0.15) is 5.82 Å². The third-order valence-electron chi connectivity index (χ3n) is 2.26. The van der Waals surface area contributed by atoms with Gasteiger partial charge in [0.25, 0.3) is 0 Å². The van der Waals surface area contributed by atoms with Gasteiger partial charge in [-0.25, -0.2) is 9.07 Å². The molecule has 0 saturated heterocycles. The Hall–Kier alpha value is -1.46. The van der Waals surface area contributed by atoms with Crippen molar-refractivity contribution in [1.29, 1.82) is 0 Å². The number of hydrogen-bond donors (Lipinski definition) is 1. The van der Waals surface area contributed by atoms with Gasteiger partial charge in [-0.05, 0) is 24.7 Å². The molecule has 1 heterocycles. The highest BCUT2D eigenvalue weighted by Gasteiger charge is 2.05. The zero-order valence-electron chi connectivity index (χ0n) is 9.32. The van der Waals surface area contributed by atoms with Crippen molar-refractivity contribution in [3.8, 4) is 5.69 Å². The number of hydrogen-bond acceptors (Lipinski definition) is 3. The van der Waals surface area contributed by atoms with Crippen LogP contribution in [0.25, 0.3) is 5.69 Å². The summed E-state index contributed by atoms with van der Waals surface area (Å²) >= 11 is 5.71. The first-order valence-corrected chi connectivity index (χ1v) is 5.66. The van der Waals surface area contributed by atoms with Gasteiger partial charge in [0.15, 0.2) is 0 Å². The van der Waals surface area contributed by atoms with Gasteiger partial charge < -0.3 is 5.32 Å². The minimum absolute atomic E-state index is 0.0752. The first-order chi connectivity index (χ1) is 8.20. The molecule has 6 heteroatoms. The Bertz CT molecular complexity index is 512. The molecule has 2 aromatic rings. The summed E-state index contributed by atoms with van der Waals surface area (Å²) in [6.45, 7) is 3.55. The fraction of sp³-hybridized carbons (Fsp3) is 0.273. The molecule has 0 spiro atoms. The van der Waals surface area contributed by atoms with E-state index in [9.17, 15) is 4.39 Å². The van der Waals surface area contributed by atoms with Crippen LogP contribution in [0.2, 0.25) is 5.02 Å². The highest BCUT2D eigenvalue weighted by molar-refractivity contribution is 6.30. The lowest BCUT2D eigenvalue weighted by Crippen LogP contribution is -2.11. The average molecular weight is 255 g/mol. The summed E-state index contributed by atoms with van der Waals surface area (Å²) in [7, 11) is 0. The van der Waals surface area contributed by atoms with E-state index in [2.05, 4.69) is 15.6 Å². The van der Waals surface area contributed by atoms with Gasteiger partial charge in [-0.3, -0.25) is 0 Å². The lowest BCUT2D eigenvalue weighted by molar-refractivity contribution is 0.627. The Kier molecular flexibility index (Phi) is 3.71. The van der Waals surface area contributed by atoms with E-state index in [-0.39, 0.29) is 5.02 Å². The van der Waals surface area contributed by atoms with Crippen molar-refractivity contribution in [2.75, 3.05) is 6.54 Å². The lowest BCUT2D eigenvalue weighted by atomic mass is 10.3. The highest BCUT2D eigenvalue weighted by atomic mass is 35.5. The minimum Gasteiger partial charge on any atom is -0.311 e. The molecule has 2 rings (SSSR count). The summed E-state index contributed by atoms with van der Waals surface area (Å²) in [4.78, 5) is 0. The van der Waals surface area contributed by atoms with Crippen molar-refractivity contribution in [3.05, 3.63) is 40.9 Å². The van der Waals surface area contributed by atoms with Crippen LogP contribution in [0.15, 0.2) is 24.4 Å². The number of nitrogens with zero attached hydrogens (tertiary/aromatic N) is 3. The molecule has 0 saturated carbocycles.